The molecule has 0 saturated carbocycles. The second-order valence-electron chi connectivity index (χ2n) is 9.53. The molecule has 5 aromatic carbocycles. The van der Waals surface area contributed by atoms with Gasteiger partial charge in [-0.2, -0.15) is 0 Å². The summed E-state index contributed by atoms with van der Waals surface area (Å²) in [5.41, 5.74) is 8.06. The Labute approximate surface area is 198 Å². The van der Waals surface area contributed by atoms with Crippen LogP contribution in [0.4, 0.5) is 0 Å². The van der Waals surface area contributed by atoms with E-state index in [2.05, 4.69) is 126 Å². The molecule has 162 valence electrons. The monoisotopic (exact) mass is 426 g/mol. The lowest BCUT2D eigenvalue weighted by molar-refractivity contribution is 0.562. The molecule has 0 aromatic heterocycles. The molecule has 0 atom stereocenters. The minimum Gasteiger partial charge on any atom is -0.0652 e. The van der Waals surface area contributed by atoms with Crippen LogP contribution in [0.1, 0.15) is 37.8 Å². The SMILES string of the molecule is BC(CC)(CC)c1ccc(-c2ccc(-c3cccc4ccccc34)c3ccccc23)cc1C. The first kappa shape index (κ1) is 21.5. The van der Waals surface area contributed by atoms with Crippen LogP contribution < -0.4 is 0 Å². The number of rotatable bonds is 5. The van der Waals surface area contributed by atoms with E-state index < -0.39 is 0 Å². The summed E-state index contributed by atoms with van der Waals surface area (Å²) in [7, 11) is 2.39. The van der Waals surface area contributed by atoms with Gasteiger partial charge < -0.3 is 0 Å². The van der Waals surface area contributed by atoms with Crippen LogP contribution in [0.3, 0.4) is 0 Å². The highest BCUT2D eigenvalue weighted by atomic mass is 14.2. The second kappa shape index (κ2) is 8.56. The van der Waals surface area contributed by atoms with Crippen molar-refractivity contribution in [2.75, 3.05) is 0 Å². The smallest absolute Gasteiger partial charge is 0.0652 e. The molecule has 0 saturated heterocycles. The third kappa shape index (κ3) is 3.66. The van der Waals surface area contributed by atoms with Gasteiger partial charge in [-0.3, -0.25) is 0 Å². The van der Waals surface area contributed by atoms with Gasteiger partial charge in [-0.15, -0.1) is 0 Å². The predicted molar refractivity (Wildman–Crippen MR) is 148 cm³/mol. The van der Waals surface area contributed by atoms with Gasteiger partial charge in [0.05, 0.1) is 0 Å². The van der Waals surface area contributed by atoms with Crippen molar-refractivity contribution in [3.63, 3.8) is 0 Å². The first-order valence-electron chi connectivity index (χ1n) is 12.2. The molecule has 0 fully saturated rings. The zero-order valence-electron chi connectivity index (χ0n) is 20.2. The lowest BCUT2D eigenvalue weighted by atomic mass is 9.60. The van der Waals surface area contributed by atoms with Gasteiger partial charge >= 0.3 is 0 Å². The molecule has 0 nitrogen and oxygen atoms in total. The van der Waals surface area contributed by atoms with Crippen LogP contribution in [0, 0.1) is 6.92 Å². The van der Waals surface area contributed by atoms with E-state index in [1.165, 1.54) is 54.9 Å². The molecule has 5 rings (SSSR count). The number of aryl methyl sites for hydroxylation is 1. The maximum Gasteiger partial charge on any atom is 0.115 e. The highest BCUT2D eigenvalue weighted by molar-refractivity contribution is 6.16. The molecule has 5 aromatic rings. The van der Waals surface area contributed by atoms with Crippen LogP contribution in [0.5, 0.6) is 0 Å². The molecule has 0 aliphatic rings. The summed E-state index contributed by atoms with van der Waals surface area (Å²) in [4.78, 5) is 0. The quantitative estimate of drug-likeness (QED) is 0.248. The fourth-order valence-electron chi connectivity index (χ4n) is 5.39. The average Bonchev–Trinajstić information content (AvgIpc) is 2.87. The van der Waals surface area contributed by atoms with Gasteiger partial charge in [-0.1, -0.05) is 124 Å². The Morgan fingerprint density at radius 3 is 1.88 bits per heavy atom. The summed E-state index contributed by atoms with van der Waals surface area (Å²) >= 11 is 0. The number of fused-ring (bicyclic) bond motifs is 2. The average molecular weight is 426 g/mol. The molecule has 0 radical (unpaired) electrons. The summed E-state index contributed by atoms with van der Waals surface area (Å²) < 4.78 is 0. The van der Waals surface area contributed by atoms with Gasteiger partial charge in [0, 0.05) is 0 Å². The van der Waals surface area contributed by atoms with Gasteiger partial charge in [-0.25, -0.2) is 0 Å². The Bertz CT molecular complexity index is 1450. The fourth-order valence-corrected chi connectivity index (χ4v) is 5.39. The van der Waals surface area contributed by atoms with Crippen LogP contribution in [0.25, 0.3) is 43.8 Å². The van der Waals surface area contributed by atoms with E-state index in [1.807, 2.05) is 0 Å². The normalized spacial score (nSPS) is 11.8. The number of benzene rings is 5. The van der Waals surface area contributed by atoms with E-state index in [0.29, 0.717) is 0 Å². The van der Waals surface area contributed by atoms with Crippen LogP contribution in [-0.2, 0) is 5.31 Å². The van der Waals surface area contributed by atoms with E-state index in [9.17, 15) is 0 Å². The lowest BCUT2D eigenvalue weighted by Crippen LogP contribution is -2.25. The summed E-state index contributed by atoms with van der Waals surface area (Å²) in [6.45, 7) is 6.88. The van der Waals surface area contributed by atoms with E-state index in [-0.39, 0.29) is 5.31 Å². The van der Waals surface area contributed by atoms with Crippen LogP contribution >= 0.6 is 0 Å². The molecule has 0 bridgehead atoms. The van der Waals surface area contributed by atoms with Gasteiger partial charge in [0.15, 0.2) is 0 Å². The molecule has 0 unspecified atom stereocenters. The van der Waals surface area contributed by atoms with E-state index >= 15 is 0 Å². The fraction of sp³-hybridized carbons (Fsp3) is 0.188. The van der Waals surface area contributed by atoms with Gasteiger partial charge in [0.25, 0.3) is 0 Å². The Morgan fingerprint density at radius 2 is 1.18 bits per heavy atom. The third-order valence-electron chi connectivity index (χ3n) is 7.75. The largest absolute Gasteiger partial charge is 0.115 e. The van der Waals surface area contributed by atoms with Crippen molar-refractivity contribution in [3.8, 4) is 22.3 Å². The predicted octanol–water partition coefficient (Wildman–Crippen LogP) is 8.28. The van der Waals surface area contributed by atoms with Crippen molar-refractivity contribution in [2.45, 2.75) is 38.9 Å². The number of hydrogen-bond donors (Lipinski definition) is 0. The Balaban J connectivity index is 1.69. The molecule has 0 amide bonds. The Kier molecular flexibility index (Phi) is 5.58. The molecule has 0 N–H and O–H groups in total. The molecule has 33 heavy (non-hydrogen) atoms. The highest BCUT2D eigenvalue weighted by Gasteiger charge is 2.24. The molecule has 0 aliphatic carbocycles. The topological polar surface area (TPSA) is 0 Å². The maximum absolute atomic E-state index is 2.39. The zero-order valence-corrected chi connectivity index (χ0v) is 20.2. The number of hydrogen-bond acceptors (Lipinski definition) is 0. The summed E-state index contributed by atoms with van der Waals surface area (Å²) in [5.74, 6) is 0. The molecular weight excluding hydrogens is 395 g/mol. The van der Waals surface area contributed by atoms with Crippen molar-refractivity contribution in [1.82, 2.24) is 0 Å². The first-order valence-corrected chi connectivity index (χ1v) is 12.2. The van der Waals surface area contributed by atoms with Crippen molar-refractivity contribution in [3.05, 3.63) is 108 Å². The minimum absolute atomic E-state index is 0.239. The highest BCUT2D eigenvalue weighted by Crippen LogP contribution is 2.39. The van der Waals surface area contributed by atoms with Gasteiger partial charge in [0.2, 0.25) is 0 Å². The van der Waals surface area contributed by atoms with Gasteiger partial charge in [-0.05, 0) is 67.2 Å². The summed E-state index contributed by atoms with van der Waals surface area (Å²) in [6, 6.07) is 35.8. The van der Waals surface area contributed by atoms with E-state index in [0.717, 1.165) is 12.8 Å². The Hall–Kier alpha value is -3.32. The van der Waals surface area contributed by atoms with Crippen molar-refractivity contribution >= 4 is 29.4 Å². The minimum atomic E-state index is 0.239. The summed E-state index contributed by atoms with van der Waals surface area (Å²) in [5, 5.41) is 5.44. The van der Waals surface area contributed by atoms with Crippen LogP contribution in [-0.4, -0.2) is 7.85 Å². The molecule has 0 aliphatic heterocycles. The third-order valence-corrected chi connectivity index (χ3v) is 7.75. The van der Waals surface area contributed by atoms with Crippen LogP contribution in [0.15, 0.2) is 97.1 Å². The van der Waals surface area contributed by atoms with Crippen LogP contribution in [0.2, 0.25) is 0 Å². The van der Waals surface area contributed by atoms with E-state index in [4.69, 9.17) is 0 Å². The standard InChI is InChI=1S/C32H31B/c1-4-32(33,5-2)31-20-17-24(21-22(31)3)26-18-19-30(29-15-9-8-14-27(26)29)28-16-10-12-23-11-6-7-13-25(23)28/h6-21H,4-5,33H2,1-3H3. The first-order chi connectivity index (χ1) is 16.1. The lowest BCUT2D eigenvalue weighted by Gasteiger charge is -2.29. The van der Waals surface area contributed by atoms with Crippen molar-refractivity contribution in [2.24, 2.45) is 0 Å². The second-order valence-corrected chi connectivity index (χ2v) is 9.53. The summed E-state index contributed by atoms with van der Waals surface area (Å²) in [6.07, 6.45) is 2.32. The van der Waals surface area contributed by atoms with E-state index in [1.54, 1.807) is 0 Å². The molecule has 1 heteroatoms. The van der Waals surface area contributed by atoms with Crippen molar-refractivity contribution < 1.29 is 0 Å². The zero-order chi connectivity index (χ0) is 23.0. The maximum atomic E-state index is 2.39. The van der Waals surface area contributed by atoms with Crippen molar-refractivity contribution in [1.29, 1.82) is 0 Å². The van der Waals surface area contributed by atoms with Gasteiger partial charge in [0.1, 0.15) is 7.85 Å². The molecular formula is C32H31B. The molecule has 0 heterocycles. The molecule has 0 spiro atoms. The Morgan fingerprint density at radius 1 is 0.606 bits per heavy atom.